The molecule has 1 aromatic carbocycles. The highest BCUT2D eigenvalue weighted by Crippen LogP contribution is 2.21. The summed E-state index contributed by atoms with van der Waals surface area (Å²) < 4.78 is 5.37. The number of benzene rings is 1. The van der Waals surface area contributed by atoms with Crippen LogP contribution in [-0.2, 0) is 4.74 Å². The van der Waals surface area contributed by atoms with Gasteiger partial charge in [0.05, 0.1) is 6.61 Å². The zero-order valence-electron chi connectivity index (χ0n) is 10.3. The minimum atomic E-state index is -1.03. The van der Waals surface area contributed by atoms with Crippen molar-refractivity contribution < 1.29 is 20.1 Å². The Hall–Kier alpha value is -1.14. The van der Waals surface area contributed by atoms with Gasteiger partial charge in [0.15, 0.2) is 0 Å². The molecule has 18 heavy (non-hydrogen) atoms. The van der Waals surface area contributed by atoms with Gasteiger partial charge in [0.1, 0.15) is 24.4 Å². The van der Waals surface area contributed by atoms with Crippen LogP contribution in [-0.4, -0.2) is 52.9 Å². The molecule has 1 aliphatic rings. The van der Waals surface area contributed by atoms with Crippen molar-refractivity contribution in [1.29, 1.82) is 0 Å². The average molecular weight is 253 g/mol. The Morgan fingerprint density at radius 3 is 2.28 bits per heavy atom. The molecule has 1 aliphatic heterocycles. The van der Waals surface area contributed by atoms with Gasteiger partial charge in [-0.15, -0.1) is 0 Å². The molecule has 4 atom stereocenters. The molecule has 0 bridgehead atoms. The molecule has 0 aliphatic carbocycles. The first-order valence-corrected chi connectivity index (χ1v) is 6.05. The molecule has 1 aromatic rings. The van der Waals surface area contributed by atoms with Gasteiger partial charge >= 0.3 is 0 Å². The fourth-order valence-electron chi connectivity index (χ4n) is 2.04. The highest BCUT2D eigenvalue weighted by molar-refractivity contribution is 5.44. The lowest BCUT2D eigenvalue weighted by atomic mass is 10.1. The van der Waals surface area contributed by atoms with Crippen LogP contribution < -0.4 is 5.32 Å². The van der Waals surface area contributed by atoms with Gasteiger partial charge in [0, 0.05) is 12.2 Å². The van der Waals surface area contributed by atoms with Gasteiger partial charge in [0.2, 0.25) is 0 Å². The summed E-state index contributed by atoms with van der Waals surface area (Å²) in [5, 5.41) is 31.5. The maximum absolute atomic E-state index is 9.76. The van der Waals surface area contributed by atoms with Gasteiger partial charge in [-0.2, -0.15) is 0 Å². The van der Waals surface area contributed by atoms with E-state index in [9.17, 15) is 10.2 Å². The minimum Gasteiger partial charge on any atom is -0.394 e. The van der Waals surface area contributed by atoms with E-state index in [1.807, 2.05) is 31.2 Å². The molecule has 1 saturated heterocycles. The quantitative estimate of drug-likeness (QED) is 0.602. The van der Waals surface area contributed by atoms with E-state index >= 15 is 0 Å². The number of nitrogens with one attached hydrogen (secondary N) is 1. The van der Waals surface area contributed by atoms with Crippen LogP contribution in [0.5, 0.6) is 0 Å². The topological polar surface area (TPSA) is 82.0 Å². The van der Waals surface area contributed by atoms with Crippen molar-refractivity contribution in [3.8, 4) is 0 Å². The fraction of sp³-hybridized carbons (Fsp3) is 0.538. The van der Waals surface area contributed by atoms with Crippen LogP contribution in [0, 0.1) is 6.92 Å². The van der Waals surface area contributed by atoms with Crippen LogP contribution >= 0.6 is 0 Å². The molecule has 2 rings (SSSR count). The van der Waals surface area contributed by atoms with E-state index < -0.39 is 24.4 Å². The van der Waals surface area contributed by atoms with Crippen LogP contribution in [0.2, 0.25) is 0 Å². The number of hydrogen-bond acceptors (Lipinski definition) is 5. The van der Waals surface area contributed by atoms with Crippen molar-refractivity contribution in [3.05, 3.63) is 29.8 Å². The van der Waals surface area contributed by atoms with Crippen LogP contribution in [0.25, 0.3) is 0 Å². The third-order valence-electron chi connectivity index (χ3n) is 3.20. The van der Waals surface area contributed by atoms with Crippen molar-refractivity contribution in [2.24, 2.45) is 0 Å². The monoisotopic (exact) mass is 253 g/mol. The van der Waals surface area contributed by atoms with Crippen molar-refractivity contribution >= 4 is 5.69 Å². The summed E-state index contributed by atoms with van der Waals surface area (Å²) in [6, 6.07) is 7.85. The molecule has 100 valence electrons. The van der Waals surface area contributed by atoms with E-state index in [-0.39, 0.29) is 6.61 Å². The van der Waals surface area contributed by atoms with Gasteiger partial charge in [-0.1, -0.05) is 17.7 Å². The normalized spacial score (nSPS) is 31.6. The molecule has 0 spiro atoms. The van der Waals surface area contributed by atoms with Gasteiger partial charge in [-0.3, -0.25) is 0 Å². The molecule has 0 radical (unpaired) electrons. The molecular weight excluding hydrogens is 234 g/mol. The van der Waals surface area contributed by atoms with E-state index in [2.05, 4.69) is 5.32 Å². The molecule has 5 nitrogen and oxygen atoms in total. The standard InChI is InChI=1S/C13H19NO4/c1-8-2-4-9(5-3-8)14-6-10-12(16)13(17)11(7-15)18-10/h2-5,10-17H,6-7H2,1H3/t10-,11+,12+,13+/m0/s1. The number of hydrogen-bond donors (Lipinski definition) is 4. The molecule has 1 fully saturated rings. The van der Waals surface area contributed by atoms with Crippen molar-refractivity contribution in [1.82, 2.24) is 0 Å². The smallest absolute Gasteiger partial charge is 0.111 e. The third kappa shape index (κ3) is 2.81. The average Bonchev–Trinajstić information content (AvgIpc) is 2.65. The second-order valence-electron chi connectivity index (χ2n) is 4.62. The number of anilines is 1. The summed E-state index contributed by atoms with van der Waals surface area (Å²) in [7, 11) is 0. The fourth-order valence-corrected chi connectivity index (χ4v) is 2.04. The summed E-state index contributed by atoms with van der Waals surface area (Å²) in [4.78, 5) is 0. The number of aliphatic hydroxyl groups is 3. The molecule has 0 aromatic heterocycles. The van der Waals surface area contributed by atoms with E-state index in [1.54, 1.807) is 0 Å². The lowest BCUT2D eigenvalue weighted by molar-refractivity contribution is -0.0184. The molecule has 5 heteroatoms. The summed E-state index contributed by atoms with van der Waals surface area (Å²) in [5.74, 6) is 0. The predicted molar refractivity (Wildman–Crippen MR) is 67.4 cm³/mol. The second-order valence-corrected chi connectivity index (χ2v) is 4.62. The predicted octanol–water partition coefficient (Wildman–Crippen LogP) is -0.112. The first-order chi connectivity index (χ1) is 8.61. The van der Waals surface area contributed by atoms with Gasteiger partial charge in [0.25, 0.3) is 0 Å². The largest absolute Gasteiger partial charge is 0.394 e. The summed E-state index contributed by atoms with van der Waals surface area (Å²) >= 11 is 0. The van der Waals surface area contributed by atoms with Crippen molar-refractivity contribution in [2.45, 2.75) is 31.3 Å². The van der Waals surface area contributed by atoms with Gasteiger partial charge in [-0.25, -0.2) is 0 Å². The minimum absolute atomic E-state index is 0.292. The van der Waals surface area contributed by atoms with Crippen LogP contribution in [0.15, 0.2) is 24.3 Å². The molecule has 0 unspecified atom stereocenters. The van der Waals surface area contributed by atoms with Gasteiger partial charge in [-0.05, 0) is 19.1 Å². The lowest BCUT2D eigenvalue weighted by Crippen LogP contribution is -2.36. The Kier molecular flexibility index (Phi) is 4.19. The molecule has 4 N–H and O–H groups in total. The first kappa shape index (κ1) is 13.3. The Morgan fingerprint density at radius 2 is 1.72 bits per heavy atom. The van der Waals surface area contributed by atoms with Crippen molar-refractivity contribution in [3.63, 3.8) is 0 Å². The van der Waals surface area contributed by atoms with E-state index in [0.717, 1.165) is 5.69 Å². The van der Waals surface area contributed by atoms with Crippen LogP contribution in [0.3, 0.4) is 0 Å². The second kappa shape index (κ2) is 5.67. The van der Waals surface area contributed by atoms with E-state index in [0.29, 0.717) is 6.54 Å². The Bertz CT molecular complexity index is 381. The number of aryl methyl sites for hydroxylation is 1. The number of aliphatic hydroxyl groups excluding tert-OH is 3. The number of ether oxygens (including phenoxy) is 1. The lowest BCUT2D eigenvalue weighted by Gasteiger charge is -2.16. The van der Waals surface area contributed by atoms with E-state index in [4.69, 9.17) is 9.84 Å². The maximum atomic E-state index is 9.76. The number of rotatable bonds is 4. The highest BCUT2D eigenvalue weighted by Gasteiger charge is 2.41. The highest BCUT2D eigenvalue weighted by atomic mass is 16.6. The van der Waals surface area contributed by atoms with Gasteiger partial charge < -0.3 is 25.4 Å². The van der Waals surface area contributed by atoms with Crippen molar-refractivity contribution in [2.75, 3.05) is 18.5 Å². The van der Waals surface area contributed by atoms with Crippen LogP contribution in [0.1, 0.15) is 5.56 Å². The Balaban J connectivity index is 1.89. The summed E-state index contributed by atoms with van der Waals surface area (Å²) in [6.45, 7) is 2.10. The molecule has 1 heterocycles. The SMILES string of the molecule is Cc1ccc(NC[C@@H]2O[C@H](CO)[C@@H](O)[C@@H]2O)cc1. The maximum Gasteiger partial charge on any atom is 0.111 e. The van der Waals surface area contributed by atoms with Crippen LogP contribution in [0.4, 0.5) is 5.69 Å². The zero-order chi connectivity index (χ0) is 13.1. The third-order valence-corrected chi connectivity index (χ3v) is 3.20. The summed E-state index contributed by atoms with van der Waals surface area (Å²) in [6.07, 6.45) is -3.22. The molecule has 0 amide bonds. The van der Waals surface area contributed by atoms with E-state index in [1.165, 1.54) is 5.56 Å². The Labute approximate surface area is 106 Å². The zero-order valence-corrected chi connectivity index (χ0v) is 10.3. The summed E-state index contributed by atoms with van der Waals surface area (Å²) in [5.41, 5.74) is 2.10. The molecular formula is C13H19NO4. The molecule has 0 saturated carbocycles. The first-order valence-electron chi connectivity index (χ1n) is 6.05. The Morgan fingerprint density at radius 1 is 1.11 bits per heavy atom.